The molecule has 0 amide bonds. The number of rotatable bonds is 8. The van der Waals surface area contributed by atoms with Crippen molar-refractivity contribution in [2.75, 3.05) is 6.61 Å². The summed E-state index contributed by atoms with van der Waals surface area (Å²) in [6.45, 7) is 2.16. The number of aromatic hydroxyl groups is 3. The first-order valence-corrected chi connectivity index (χ1v) is 16.2. The highest BCUT2D eigenvalue weighted by molar-refractivity contribution is 5.88. The van der Waals surface area contributed by atoms with Crippen molar-refractivity contribution in [2.45, 2.75) is 106 Å². The quantitative estimate of drug-likeness (QED) is 0.113. The van der Waals surface area contributed by atoms with Crippen LogP contribution in [-0.2, 0) is 23.7 Å². The number of aliphatic hydroxyl groups excluding tert-OH is 8. The topological polar surface area (TPSA) is 308 Å². The van der Waals surface area contributed by atoms with Crippen LogP contribution >= 0.6 is 0 Å². The molecule has 2 aromatic carbocycles. The summed E-state index contributed by atoms with van der Waals surface area (Å²) >= 11 is 0. The van der Waals surface area contributed by atoms with Gasteiger partial charge in [0.15, 0.2) is 18.3 Å². The van der Waals surface area contributed by atoms with Gasteiger partial charge in [0, 0.05) is 17.7 Å². The first kappa shape index (κ1) is 38.1. The lowest BCUT2D eigenvalue weighted by Crippen LogP contribution is -2.64. The predicted molar refractivity (Wildman–Crippen MR) is 170 cm³/mol. The van der Waals surface area contributed by atoms with Gasteiger partial charge in [-0.2, -0.15) is 0 Å². The normalized spacial score (nSPS) is 38.3. The number of benzene rings is 2. The summed E-state index contributed by atoms with van der Waals surface area (Å²) < 4.78 is 39.6. The Kier molecular flexibility index (Phi) is 11.0. The summed E-state index contributed by atoms with van der Waals surface area (Å²) in [5, 5.41) is 115. The Hall–Kier alpha value is -3.67. The van der Waals surface area contributed by atoms with Crippen LogP contribution in [0.15, 0.2) is 45.6 Å². The summed E-state index contributed by atoms with van der Waals surface area (Å²) in [5.41, 5.74) is -1.06. The molecule has 0 bridgehead atoms. The molecular weight excluding hydrogens is 700 g/mol. The summed E-state index contributed by atoms with van der Waals surface area (Å²) in [7, 11) is 0. The summed E-state index contributed by atoms with van der Waals surface area (Å²) in [5.74, 6) is -2.13. The largest absolute Gasteiger partial charge is 0.508 e. The molecule has 3 aliphatic rings. The van der Waals surface area contributed by atoms with Crippen LogP contribution in [0.4, 0.5) is 0 Å². The van der Waals surface area contributed by atoms with Gasteiger partial charge in [0.1, 0.15) is 89.3 Å². The fourth-order valence-electron chi connectivity index (χ4n) is 6.21. The Morgan fingerprint density at radius 2 is 1.27 bits per heavy atom. The Bertz CT molecular complexity index is 1770. The second-order valence-corrected chi connectivity index (χ2v) is 12.9. The molecule has 0 spiro atoms. The fourth-order valence-corrected chi connectivity index (χ4v) is 6.21. The smallest absolute Gasteiger partial charge is 0.239 e. The molecular formula is C33H40O19. The van der Waals surface area contributed by atoms with E-state index in [2.05, 4.69) is 0 Å². The molecule has 19 heteroatoms. The minimum atomic E-state index is -1.98. The van der Waals surface area contributed by atoms with Crippen molar-refractivity contribution in [2.24, 2.45) is 0 Å². The Morgan fingerprint density at radius 3 is 1.96 bits per heavy atom. The zero-order valence-electron chi connectivity index (χ0n) is 27.5. The number of phenols is 3. The molecule has 6 rings (SSSR count). The molecule has 1 aromatic heterocycles. The average molecular weight is 741 g/mol. The fraction of sp³-hybridized carbons (Fsp3) is 0.545. The highest BCUT2D eigenvalue weighted by atomic mass is 16.7. The zero-order valence-corrected chi connectivity index (χ0v) is 27.5. The minimum Gasteiger partial charge on any atom is -0.508 e. The van der Waals surface area contributed by atoms with Gasteiger partial charge in [-0.3, -0.25) is 4.79 Å². The Labute approximate surface area is 293 Å². The van der Waals surface area contributed by atoms with Gasteiger partial charge in [-0.15, -0.1) is 0 Å². The number of aliphatic hydroxyl groups is 8. The first-order valence-electron chi connectivity index (χ1n) is 16.2. The molecule has 3 saturated heterocycles. The van der Waals surface area contributed by atoms with Gasteiger partial charge in [0.25, 0.3) is 0 Å². The van der Waals surface area contributed by atoms with Crippen molar-refractivity contribution in [1.82, 2.24) is 0 Å². The standard InChI is InChI=1S/C33H40O19/c1-10-19(37)23(41)25(43)32(48-10)51-29-20(38)11(2)47-31(27(29)45)46-9-17-21(39)24(42)26(44)33(50-17)52-30-22(40)18-15(36)7-14(35)8-16(18)49-28(30)12-3-5-13(34)6-4-12/h3-8,10-11,17,19-21,23-27,29,31-39,41-45H,9H2,1-2H3/t10-,11-,17+,19+,20+,21-,23+,24+,25+,26-,27+,29+,31-,32+,33+/m1/s1. The number of fused-ring (bicyclic) bond motifs is 1. The average Bonchev–Trinajstić information content (AvgIpc) is 3.10. The van der Waals surface area contributed by atoms with E-state index in [4.69, 9.17) is 32.8 Å². The molecule has 19 nitrogen and oxygen atoms in total. The van der Waals surface area contributed by atoms with Gasteiger partial charge in [-0.1, -0.05) is 0 Å². The molecule has 4 heterocycles. The maximum Gasteiger partial charge on any atom is 0.239 e. The van der Waals surface area contributed by atoms with E-state index in [9.17, 15) is 61.0 Å². The van der Waals surface area contributed by atoms with Crippen LogP contribution in [0, 0.1) is 0 Å². The predicted octanol–water partition coefficient (Wildman–Crippen LogP) is -2.54. The van der Waals surface area contributed by atoms with Gasteiger partial charge >= 0.3 is 0 Å². The molecule has 52 heavy (non-hydrogen) atoms. The van der Waals surface area contributed by atoms with E-state index in [1.807, 2.05) is 0 Å². The lowest BCUT2D eigenvalue weighted by atomic mass is 9.97. The summed E-state index contributed by atoms with van der Waals surface area (Å²) in [4.78, 5) is 13.7. The third-order valence-corrected chi connectivity index (χ3v) is 9.26. The number of hydrogen-bond acceptors (Lipinski definition) is 19. The lowest BCUT2D eigenvalue weighted by Gasteiger charge is -2.46. The molecule has 11 N–H and O–H groups in total. The van der Waals surface area contributed by atoms with Crippen molar-refractivity contribution in [3.05, 3.63) is 46.6 Å². The van der Waals surface area contributed by atoms with Crippen molar-refractivity contribution in [3.63, 3.8) is 0 Å². The van der Waals surface area contributed by atoms with Crippen molar-refractivity contribution in [1.29, 1.82) is 0 Å². The van der Waals surface area contributed by atoms with Crippen LogP contribution in [0.1, 0.15) is 13.8 Å². The van der Waals surface area contributed by atoms with Gasteiger partial charge in [0.2, 0.25) is 17.5 Å². The molecule has 0 saturated carbocycles. The van der Waals surface area contributed by atoms with Gasteiger partial charge in [0.05, 0.1) is 18.8 Å². The van der Waals surface area contributed by atoms with Gasteiger partial charge in [-0.25, -0.2) is 0 Å². The minimum absolute atomic E-state index is 0.127. The summed E-state index contributed by atoms with van der Waals surface area (Å²) in [6, 6.07) is 7.23. The van der Waals surface area contributed by atoms with Gasteiger partial charge < -0.3 is 89.0 Å². The highest BCUT2D eigenvalue weighted by Gasteiger charge is 2.51. The first-order chi connectivity index (χ1) is 24.6. The van der Waals surface area contributed by atoms with E-state index in [0.29, 0.717) is 0 Å². The molecule has 286 valence electrons. The third-order valence-electron chi connectivity index (χ3n) is 9.26. The lowest BCUT2D eigenvalue weighted by molar-refractivity contribution is -0.358. The van der Waals surface area contributed by atoms with E-state index in [1.54, 1.807) is 0 Å². The monoisotopic (exact) mass is 740 g/mol. The second-order valence-electron chi connectivity index (χ2n) is 12.9. The molecule has 0 unspecified atom stereocenters. The molecule has 3 aromatic rings. The van der Waals surface area contributed by atoms with Crippen LogP contribution in [0.25, 0.3) is 22.3 Å². The number of phenolic OH excluding ortho intramolecular Hbond substituents is 3. The van der Waals surface area contributed by atoms with Gasteiger partial charge in [-0.05, 0) is 38.1 Å². The van der Waals surface area contributed by atoms with E-state index < -0.39 is 127 Å². The van der Waals surface area contributed by atoms with Crippen LogP contribution < -0.4 is 10.2 Å². The van der Waals surface area contributed by atoms with E-state index in [0.717, 1.165) is 12.1 Å². The maximum atomic E-state index is 13.7. The van der Waals surface area contributed by atoms with Crippen LogP contribution in [0.2, 0.25) is 0 Å². The molecule has 3 fully saturated rings. The second kappa shape index (κ2) is 15.0. The van der Waals surface area contributed by atoms with Crippen molar-refractivity contribution < 1.29 is 89.0 Å². The highest BCUT2D eigenvalue weighted by Crippen LogP contribution is 2.38. The number of hydrogen-bond donors (Lipinski definition) is 11. The molecule has 15 atom stereocenters. The number of ether oxygens (including phenoxy) is 6. The maximum absolute atomic E-state index is 13.7. The molecule has 0 radical (unpaired) electrons. The van der Waals surface area contributed by atoms with Crippen molar-refractivity contribution in [3.8, 4) is 34.3 Å². The van der Waals surface area contributed by atoms with E-state index in [1.165, 1.54) is 38.1 Å². The van der Waals surface area contributed by atoms with Crippen molar-refractivity contribution >= 4 is 11.0 Å². The molecule has 3 aliphatic heterocycles. The third kappa shape index (κ3) is 7.16. The Balaban J connectivity index is 1.22. The van der Waals surface area contributed by atoms with Crippen LogP contribution in [-0.4, -0.2) is 155 Å². The van der Waals surface area contributed by atoms with E-state index in [-0.39, 0.29) is 22.7 Å². The zero-order chi connectivity index (χ0) is 37.8. The SMILES string of the molecule is C[C@H]1O[C@@H](O[C@@H]2[C@H](O)[C@H](OC[C@@H]3O[C@@H](Oc4c(-c5ccc(O)cc5)oc5cc(O)cc(O)c5c4=O)[C@H](O)[C@@H](O)[C@@H]3O)O[C@H](C)[C@@H]2O)[C@@H](O)[C@@H](O)[C@H]1O. The summed E-state index contributed by atoms with van der Waals surface area (Å²) in [6.07, 6.45) is -24.1. The van der Waals surface area contributed by atoms with Crippen LogP contribution in [0.3, 0.4) is 0 Å². The Morgan fingerprint density at radius 1 is 0.654 bits per heavy atom. The van der Waals surface area contributed by atoms with E-state index >= 15 is 0 Å². The molecule has 0 aliphatic carbocycles. The van der Waals surface area contributed by atoms with Crippen LogP contribution in [0.5, 0.6) is 23.0 Å².